The number of hydrogen-bond acceptors (Lipinski definition) is 2. The maximum absolute atomic E-state index is 8.54. The summed E-state index contributed by atoms with van der Waals surface area (Å²) in [7, 11) is 0. The molecule has 0 aliphatic rings. The molecule has 0 aromatic rings. The van der Waals surface area contributed by atoms with Crippen molar-refractivity contribution in [2.45, 2.75) is 41.5 Å². The smallest absolute Gasteiger partial charge is 0.0924 e. The molecule has 2 nitrogen and oxygen atoms in total. The van der Waals surface area contributed by atoms with Gasteiger partial charge in [-0.1, -0.05) is 41.2 Å². The monoisotopic (exact) mass is 190 g/mol. The van der Waals surface area contributed by atoms with E-state index in [4.69, 9.17) is 9.84 Å². The van der Waals surface area contributed by atoms with Crippen LogP contribution in [0.2, 0.25) is 0 Å². The normalized spacial score (nSPS) is 9.77. The van der Waals surface area contributed by atoms with Crippen LogP contribution in [0.15, 0.2) is 12.3 Å². The molecule has 0 aromatic heterocycles. The molecule has 0 heterocycles. The van der Waals surface area contributed by atoms with Crippen molar-refractivity contribution in [2.75, 3.05) is 13.2 Å². The van der Waals surface area contributed by atoms with Crippen LogP contribution in [0.1, 0.15) is 41.5 Å². The van der Waals surface area contributed by atoms with E-state index in [1.165, 1.54) is 0 Å². The fraction of sp³-hybridized carbons (Fsp3) is 0.818. The predicted octanol–water partition coefficient (Wildman–Crippen LogP) is 3.22. The number of allylic oxidation sites excluding steroid dienone is 1. The minimum absolute atomic E-state index is 0.174. The zero-order valence-corrected chi connectivity index (χ0v) is 10.1. The molecule has 0 aliphatic carbocycles. The van der Waals surface area contributed by atoms with Crippen molar-refractivity contribution in [3.8, 4) is 0 Å². The number of hydrogen-bond donors (Lipinski definition) is 1. The molecule has 0 saturated carbocycles. The average molecular weight is 190 g/mol. The summed E-state index contributed by atoms with van der Waals surface area (Å²) in [5, 5.41) is 8.54. The van der Waals surface area contributed by atoms with Gasteiger partial charge in [-0.15, -0.1) is 0 Å². The quantitative estimate of drug-likeness (QED) is 0.690. The first-order valence-electron chi connectivity index (χ1n) is 5.06. The number of aliphatic hydroxyl groups is 1. The van der Waals surface area contributed by atoms with Crippen LogP contribution >= 0.6 is 0 Å². The lowest BCUT2D eigenvalue weighted by Gasteiger charge is -2.08. The molecule has 0 amide bonds. The largest absolute Gasteiger partial charge is 0.498 e. The molecule has 1 unspecified atom stereocenters. The molecule has 82 valence electrons. The van der Waals surface area contributed by atoms with Crippen LogP contribution in [0.25, 0.3) is 0 Å². The van der Waals surface area contributed by atoms with Gasteiger partial charge >= 0.3 is 0 Å². The molecule has 0 rings (SSSR count). The lowest BCUT2D eigenvalue weighted by Crippen LogP contribution is -2.08. The summed E-state index contributed by atoms with van der Waals surface area (Å²) >= 11 is 0. The summed E-state index contributed by atoms with van der Waals surface area (Å²) < 4.78 is 5.04. The second-order valence-electron chi connectivity index (χ2n) is 2.30. The van der Waals surface area contributed by atoms with Crippen LogP contribution in [0.3, 0.4) is 0 Å². The molecule has 2 heteroatoms. The Morgan fingerprint density at radius 3 is 1.92 bits per heavy atom. The maximum Gasteiger partial charge on any atom is 0.0924 e. The van der Waals surface area contributed by atoms with E-state index < -0.39 is 0 Å². The molecule has 0 spiro atoms. The third kappa shape index (κ3) is 24.6. The van der Waals surface area contributed by atoms with Crippen molar-refractivity contribution >= 4 is 0 Å². The molecule has 0 saturated heterocycles. The van der Waals surface area contributed by atoms with Crippen LogP contribution < -0.4 is 0 Å². The topological polar surface area (TPSA) is 29.5 Å². The highest BCUT2D eigenvalue weighted by Gasteiger charge is 1.98. The van der Waals surface area contributed by atoms with E-state index in [1.807, 2.05) is 34.6 Å². The fourth-order valence-corrected chi connectivity index (χ4v) is 0.337. The van der Waals surface area contributed by atoms with Gasteiger partial charge in [0.2, 0.25) is 0 Å². The lowest BCUT2D eigenvalue weighted by atomic mass is 10.2. The highest BCUT2D eigenvalue weighted by atomic mass is 16.5. The van der Waals surface area contributed by atoms with Crippen LogP contribution in [0, 0.1) is 5.92 Å². The Morgan fingerprint density at radius 1 is 1.31 bits per heavy atom. The summed E-state index contributed by atoms with van der Waals surface area (Å²) in [6, 6.07) is 0. The number of aliphatic hydroxyl groups excluding tert-OH is 1. The molecule has 1 atom stereocenters. The molecule has 13 heavy (non-hydrogen) atoms. The van der Waals surface area contributed by atoms with E-state index in [9.17, 15) is 0 Å². The van der Waals surface area contributed by atoms with Crippen molar-refractivity contribution in [2.24, 2.45) is 5.92 Å². The first-order chi connectivity index (χ1) is 6.16. The van der Waals surface area contributed by atoms with Gasteiger partial charge in [0.15, 0.2) is 0 Å². The Balaban J connectivity index is -0.000000218. The van der Waals surface area contributed by atoms with E-state index in [0.29, 0.717) is 12.4 Å². The van der Waals surface area contributed by atoms with E-state index in [1.54, 1.807) is 6.92 Å². The molecule has 1 N–H and O–H groups in total. The van der Waals surface area contributed by atoms with E-state index >= 15 is 0 Å². The van der Waals surface area contributed by atoms with Gasteiger partial charge in [-0.2, -0.15) is 0 Å². The third-order valence-electron chi connectivity index (χ3n) is 0.926. The van der Waals surface area contributed by atoms with Crippen molar-refractivity contribution in [1.29, 1.82) is 0 Å². The summed E-state index contributed by atoms with van der Waals surface area (Å²) in [6.45, 7) is 16.0. The van der Waals surface area contributed by atoms with Crippen molar-refractivity contribution in [1.82, 2.24) is 0 Å². The maximum atomic E-state index is 8.54. The molecule has 0 bridgehead atoms. The Hall–Kier alpha value is -0.500. The van der Waals surface area contributed by atoms with Gasteiger partial charge in [0.1, 0.15) is 0 Å². The Kier molecular flexibility index (Phi) is 24.7. The third-order valence-corrected chi connectivity index (χ3v) is 0.926. The van der Waals surface area contributed by atoms with Crippen LogP contribution in [0.5, 0.6) is 0 Å². The van der Waals surface area contributed by atoms with Gasteiger partial charge in [0.05, 0.1) is 12.4 Å². The highest BCUT2D eigenvalue weighted by molar-refractivity contribution is 4.73. The Labute approximate surface area is 83.6 Å². The minimum atomic E-state index is 0.174. The Morgan fingerprint density at radius 2 is 1.69 bits per heavy atom. The number of rotatable bonds is 4. The standard InChI is InChI=1S/C7H14O2.2C2H6/c1-6(2)9-5-7(3)4-8;2*1-2/h7-8H,1,4-5H2,2-3H3;2*1-2H3. The minimum Gasteiger partial charge on any atom is -0.498 e. The molecule has 0 aromatic carbocycles. The van der Waals surface area contributed by atoms with E-state index in [2.05, 4.69) is 6.58 Å². The van der Waals surface area contributed by atoms with Gasteiger partial charge in [-0.3, -0.25) is 0 Å². The van der Waals surface area contributed by atoms with Gasteiger partial charge in [0, 0.05) is 12.5 Å². The SMILES string of the molecule is C=C(C)OCC(C)CO.CC.CC. The van der Waals surface area contributed by atoms with Crippen LogP contribution in [-0.4, -0.2) is 18.3 Å². The first kappa shape index (κ1) is 18.3. The second kappa shape index (κ2) is 17.5. The fourth-order valence-electron chi connectivity index (χ4n) is 0.337. The van der Waals surface area contributed by atoms with Crippen molar-refractivity contribution in [3.05, 3.63) is 12.3 Å². The molecular weight excluding hydrogens is 164 g/mol. The predicted molar refractivity (Wildman–Crippen MR) is 59.7 cm³/mol. The van der Waals surface area contributed by atoms with Gasteiger partial charge < -0.3 is 9.84 Å². The zero-order chi connectivity index (χ0) is 11.3. The molecular formula is C11H26O2. The molecule has 0 fully saturated rings. The molecule has 0 aliphatic heterocycles. The van der Waals surface area contributed by atoms with E-state index in [0.717, 1.165) is 0 Å². The van der Waals surface area contributed by atoms with Gasteiger partial charge in [-0.05, 0) is 6.92 Å². The first-order valence-corrected chi connectivity index (χ1v) is 5.06. The van der Waals surface area contributed by atoms with Crippen molar-refractivity contribution in [3.63, 3.8) is 0 Å². The van der Waals surface area contributed by atoms with Gasteiger partial charge in [0.25, 0.3) is 0 Å². The van der Waals surface area contributed by atoms with Crippen LogP contribution in [-0.2, 0) is 4.74 Å². The van der Waals surface area contributed by atoms with Crippen molar-refractivity contribution < 1.29 is 9.84 Å². The summed E-state index contributed by atoms with van der Waals surface area (Å²) in [4.78, 5) is 0. The summed E-state index contributed by atoms with van der Waals surface area (Å²) in [6.07, 6.45) is 0. The summed E-state index contributed by atoms with van der Waals surface area (Å²) in [5.41, 5.74) is 0. The van der Waals surface area contributed by atoms with Gasteiger partial charge in [-0.25, -0.2) is 0 Å². The number of ether oxygens (including phenoxy) is 1. The van der Waals surface area contributed by atoms with E-state index in [-0.39, 0.29) is 12.5 Å². The average Bonchev–Trinajstić information content (AvgIpc) is 2.20. The highest BCUT2D eigenvalue weighted by Crippen LogP contribution is 1.97. The van der Waals surface area contributed by atoms with Crippen LogP contribution in [0.4, 0.5) is 0 Å². The Bertz CT molecular complexity index is 90.1. The lowest BCUT2D eigenvalue weighted by molar-refractivity contribution is 0.129. The second-order valence-corrected chi connectivity index (χ2v) is 2.30. The summed E-state index contributed by atoms with van der Waals surface area (Å²) in [5.74, 6) is 0.914. The zero-order valence-electron chi connectivity index (χ0n) is 10.1. The molecule has 0 radical (unpaired) electrons.